The first-order valence-corrected chi connectivity index (χ1v) is 26.2. The molecular weight excluding hydrogens is 933 g/mol. The van der Waals surface area contributed by atoms with Crippen LogP contribution >= 0.6 is 0 Å². The lowest BCUT2D eigenvalue weighted by Crippen LogP contribution is -2.03. The van der Waals surface area contributed by atoms with Crippen LogP contribution in [0.1, 0.15) is 27.8 Å². The highest BCUT2D eigenvalue weighted by molar-refractivity contribution is 6.15. The maximum absolute atomic E-state index is 9.05. The molecule has 0 aliphatic rings. The zero-order chi connectivity index (χ0) is 52.5. The van der Waals surface area contributed by atoms with Gasteiger partial charge in [0.15, 0.2) is 11.4 Å². The van der Waals surface area contributed by atoms with Crippen LogP contribution in [0.4, 0.5) is 11.4 Å². The number of aromatic nitrogens is 2. The molecule has 0 aliphatic heterocycles. The van der Waals surface area contributed by atoms with Crippen molar-refractivity contribution in [1.29, 1.82) is 0 Å². The molecule has 0 aliphatic carbocycles. The second-order valence-corrected chi connectivity index (χ2v) is 20.7. The van der Waals surface area contributed by atoms with Crippen LogP contribution in [-0.4, -0.2) is 9.13 Å². The number of hydrogen-bond acceptors (Lipinski definition) is 0. The average Bonchev–Trinajstić information content (AvgIpc) is 4.22. The van der Waals surface area contributed by atoms with Crippen molar-refractivity contribution >= 4 is 55.0 Å². The van der Waals surface area contributed by atoms with Crippen LogP contribution in [0.3, 0.4) is 0 Å². The lowest BCUT2D eigenvalue weighted by Gasteiger charge is -2.23. The Morgan fingerprint density at radius 1 is 0.273 bits per heavy atom. The van der Waals surface area contributed by atoms with E-state index in [1.165, 1.54) is 22.3 Å². The molecule has 4 nitrogen and oxygen atoms in total. The van der Waals surface area contributed by atoms with Crippen LogP contribution in [0.25, 0.3) is 131 Å². The minimum absolute atomic E-state index is 0.513. The summed E-state index contributed by atoms with van der Waals surface area (Å²) in [4.78, 5) is 8.58. The molecular formula is C73H52N4. The number of aryl methyl sites for hydroxylation is 5. The zero-order valence-corrected chi connectivity index (χ0v) is 43.7. The third-order valence-corrected chi connectivity index (χ3v) is 15.5. The maximum atomic E-state index is 9.05. The van der Waals surface area contributed by atoms with E-state index in [1.54, 1.807) is 0 Å². The number of hydrogen-bond donors (Lipinski definition) is 0. The van der Waals surface area contributed by atoms with Gasteiger partial charge in [0.05, 0.1) is 40.9 Å². The van der Waals surface area contributed by atoms with E-state index in [2.05, 4.69) is 253 Å². The van der Waals surface area contributed by atoms with Crippen molar-refractivity contribution in [3.63, 3.8) is 0 Å². The Hall–Kier alpha value is -10.0. The van der Waals surface area contributed by atoms with Gasteiger partial charge in [-0.25, -0.2) is 9.69 Å². The summed E-state index contributed by atoms with van der Waals surface area (Å²) < 4.78 is 4.76. The molecule has 13 rings (SSSR count). The summed E-state index contributed by atoms with van der Waals surface area (Å²) in [5.41, 5.74) is 25.4. The Balaban J connectivity index is 1.14. The molecule has 0 bridgehead atoms. The van der Waals surface area contributed by atoms with Crippen molar-refractivity contribution in [1.82, 2.24) is 9.13 Å². The van der Waals surface area contributed by atoms with E-state index < -0.39 is 0 Å². The molecule has 0 atom stereocenters. The Kier molecular flexibility index (Phi) is 11.4. The monoisotopic (exact) mass is 984 g/mol. The third kappa shape index (κ3) is 8.07. The van der Waals surface area contributed by atoms with Gasteiger partial charge in [0, 0.05) is 38.4 Å². The van der Waals surface area contributed by atoms with Crippen LogP contribution < -0.4 is 0 Å². The lowest BCUT2D eigenvalue weighted by atomic mass is 9.89. The molecule has 4 heteroatoms. The maximum Gasteiger partial charge on any atom is 0.197 e. The van der Waals surface area contributed by atoms with Crippen molar-refractivity contribution in [2.75, 3.05) is 0 Å². The molecule has 0 saturated heterocycles. The van der Waals surface area contributed by atoms with Gasteiger partial charge in [-0.3, -0.25) is 0 Å². The molecule has 77 heavy (non-hydrogen) atoms. The van der Waals surface area contributed by atoms with Crippen LogP contribution in [0.2, 0.25) is 0 Å². The lowest BCUT2D eigenvalue weighted by molar-refractivity contribution is 1.16. The summed E-state index contributed by atoms with van der Waals surface area (Å²) in [6.45, 7) is 28.2. The molecule has 2 heterocycles. The highest BCUT2D eigenvalue weighted by Crippen LogP contribution is 2.50. The van der Waals surface area contributed by atoms with E-state index in [0.29, 0.717) is 11.4 Å². The van der Waals surface area contributed by atoms with Crippen LogP contribution in [0.5, 0.6) is 0 Å². The highest BCUT2D eigenvalue weighted by Gasteiger charge is 2.27. The van der Waals surface area contributed by atoms with Gasteiger partial charge in [0.25, 0.3) is 0 Å². The molecule has 364 valence electrons. The van der Waals surface area contributed by atoms with Gasteiger partial charge < -0.3 is 9.13 Å². The predicted molar refractivity (Wildman–Crippen MR) is 324 cm³/mol. The second-order valence-electron chi connectivity index (χ2n) is 20.7. The van der Waals surface area contributed by atoms with Crippen LogP contribution in [0, 0.1) is 47.8 Å². The fourth-order valence-electron chi connectivity index (χ4n) is 11.5. The summed E-state index contributed by atoms with van der Waals surface area (Å²) in [5, 5.41) is 4.47. The Labute approximate surface area is 449 Å². The molecule has 0 N–H and O–H groups in total. The van der Waals surface area contributed by atoms with Crippen LogP contribution in [-0.2, 0) is 0 Å². The molecule has 0 spiro atoms. The summed E-state index contributed by atoms with van der Waals surface area (Å²) in [7, 11) is 0. The molecule has 13 aromatic rings. The molecule has 0 amide bonds. The molecule has 0 fully saturated rings. The molecule has 2 aromatic heterocycles. The number of nitrogens with zero attached hydrogens (tertiary/aromatic N) is 4. The standard InChI is InChI=1S/C73H52N4/c1-45-14-23-50(24-15-45)54-31-36-66-60(41-54)61-42-55(51-25-16-46(2)17-26-51)32-37-67(61)76(66)70-12-8-10-59(58-35-22-49(5)40-65(58)75-7)72(70)73-64(74-6)11-9-13-71(73)77-68-38-33-56(52-27-18-47(3)19-28-52)43-62(68)63-44-57(34-39-69(63)77)53-29-20-48(4)21-30-53/h8-44H,1-5H3. The fraction of sp³-hybridized carbons (Fsp3) is 0.0685. The number of rotatable bonds is 8. The zero-order valence-electron chi connectivity index (χ0n) is 43.7. The quantitative estimate of drug-likeness (QED) is 0.135. The van der Waals surface area contributed by atoms with Gasteiger partial charge in [-0.1, -0.05) is 192 Å². The van der Waals surface area contributed by atoms with Gasteiger partial charge in [0.2, 0.25) is 0 Å². The Morgan fingerprint density at radius 2 is 0.597 bits per heavy atom. The second kappa shape index (κ2) is 18.7. The van der Waals surface area contributed by atoms with E-state index >= 15 is 0 Å². The van der Waals surface area contributed by atoms with E-state index in [1.807, 2.05) is 25.1 Å². The SMILES string of the molecule is [C-]#[N+]c1cc(C)ccc1-c1cccc(-n2c3ccc(-c4ccc(C)cc4)cc3c3cc(-c4ccc(C)cc4)ccc32)c1-c1c([N+]#[C-])cccc1-n1c2ccc(-c3ccc(C)cc3)cc2c2cc(-c3ccc(C)cc3)ccc21. The Morgan fingerprint density at radius 3 is 0.961 bits per heavy atom. The topological polar surface area (TPSA) is 18.6 Å². The molecule has 11 aromatic carbocycles. The summed E-state index contributed by atoms with van der Waals surface area (Å²) >= 11 is 0. The minimum Gasteiger partial charge on any atom is -0.310 e. The molecule has 0 unspecified atom stereocenters. The minimum atomic E-state index is 0.513. The highest BCUT2D eigenvalue weighted by atomic mass is 15.0. The normalized spacial score (nSPS) is 11.4. The molecule has 0 saturated carbocycles. The summed E-state index contributed by atoms with van der Waals surface area (Å²) in [6, 6.07) is 81.0. The fourth-order valence-corrected chi connectivity index (χ4v) is 11.5. The first-order valence-electron chi connectivity index (χ1n) is 26.2. The van der Waals surface area contributed by atoms with Gasteiger partial charge in [-0.15, -0.1) is 0 Å². The number of benzene rings is 11. The van der Waals surface area contributed by atoms with E-state index in [0.717, 1.165) is 127 Å². The first kappa shape index (κ1) is 46.8. The number of fused-ring (bicyclic) bond motifs is 6. The summed E-state index contributed by atoms with van der Waals surface area (Å²) in [5.74, 6) is 0. The van der Waals surface area contributed by atoms with Crippen molar-refractivity contribution in [2.24, 2.45) is 0 Å². The molecule has 0 radical (unpaired) electrons. The van der Waals surface area contributed by atoms with E-state index in [9.17, 15) is 0 Å². The van der Waals surface area contributed by atoms with E-state index in [4.69, 9.17) is 13.1 Å². The largest absolute Gasteiger partial charge is 0.310 e. The smallest absolute Gasteiger partial charge is 0.197 e. The van der Waals surface area contributed by atoms with E-state index in [-0.39, 0.29) is 0 Å². The average molecular weight is 985 g/mol. The Bertz CT molecular complexity index is 4390. The van der Waals surface area contributed by atoms with Gasteiger partial charge >= 0.3 is 0 Å². The van der Waals surface area contributed by atoms with Gasteiger partial charge in [-0.2, -0.15) is 0 Å². The van der Waals surface area contributed by atoms with Crippen LogP contribution in [0.15, 0.2) is 224 Å². The first-order chi connectivity index (χ1) is 37.6. The van der Waals surface area contributed by atoms with Crippen molar-refractivity contribution in [3.05, 3.63) is 275 Å². The summed E-state index contributed by atoms with van der Waals surface area (Å²) in [6.07, 6.45) is 0. The van der Waals surface area contributed by atoms with Crippen molar-refractivity contribution in [2.45, 2.75) is 34.6 Å². The van der Waals surface area contributed by atoms with Gasteiger partial charge in [0.1, 0.15) is 0 Å². The van der Waals surface area contributed by atoms with Crippen molar-refractivity contribution in [3.8, 4) is 78.1 Å². The van der Waals surface area contributed by atoms with Crippen molar-refractivity contribution < 1.29 is 0 Å². The van der Waals surface area contributed by atoms with Gasteiger partial charge in [-0.05, 0) is 151 Å². The predicted octanol–water partition coefficient (Wildman–Crippen LogP) is 20.5. The third-order valence-electron chi connectivity index (χ3n) is 15.5.